The van der Waals surface area contributed by atoms with E-state index in [2.05, 4.69) is 30.2 Å². The molecule has 1 aliphatic heterocycles. The maximum Gasteiger partial charge on any atom is 0.253 e. The molecular formula is C27H24ClFN8O. The highest BCUT2D eigenvalue weighted by Gasteiger charge is 2.26. The maximum atomic E-state index is 13.3. The minimum Gasteiger partial charge on any atom is -0.368 e. The first-order chi connectivity index (χ1) is 18.6. The Hall–Kier alpha value is -4.31. The number of hydrogen-bond acceptors (Lipinski definition) is 7. The molecule has 38 heavy (non-hydrogen) atoms. The Labute approximate surface area is 222 Å². The van der Waals surface area contributed by atoms with Gasteiger partial charge >= 0.3 is 0 Å². The third-order valence-electron chi connectivity index (χ3n) is 6.77. The van der Waals surface area contributed by atoms with E-state index in [4.69, 9.17) is 16.6 Å². The molecule has 0 radical (unpaired) electrons. The Morgan fingerprint density at radius 1 is 1.03 bits per heavy atom. The zero-order valence-electron chi connectivity index (χ0n) is 20.4. The topological polar surface area (TPSA) is 103 Å². The highest BCUT2D eigenvalue weighted by molar-refractivity contribution is 6.36. The molecule has 1 saturated heterocycles. The van der Waals surface area contributed by atoms with Gasteiger partial charge in [-0.25, -0.2) is 19.3 Å². The van der Waals surface area contributed by atoms with Crippen molar-refractivity contribution in [2.45, 2.75) is 6.42 Å². The lowest BCUT2D eigenvalue weighted by atomic mass is 10.0. The number of fused-ring (bicyclic) bond motifs is 2. The van der Waals surface area contributed by atoms with Crippen LogP contribution in [-0.2, 0) is 6.42 Å². The van der Waals surface area contributed by atoms with Crippen molar-refractivity contribution in [2.75, 3.05) is 42.9 Å². The summed E-state index contributed by atoms with van der Waals surface area (Å²) in [6, 6.07) is 11.5. The molecule has 4 heterocycles. The van der Waals surface area contributed by atoms with E-state index in [9.17, 15) is 9.18 Å². The number of carbonyl (C=O) groups excluding carboxylic acids is 1. The Kier molecular flexibility index (Phi) is 6.47. The van der Waals surface area contributed by atoms with Crippen LogP contribution in [0, 0.1) is 5.82 Å². The number of nitrogens with zero attached hydrogens (tertiary/aromatic N) is 6. The fourth-order valence-electron chi connectivity index (χ4n) is 4.90. The second-order valence-electron chi connectivity index (χ2n) is 9.05. The SMILES string of the molecule is O=C(c1ccc(F)cc1)N1CCN(c2c(CCNc3ncnc4[nH]cnc34)cc(Cl)c3cccnc23)CC1. The number of anilines is 2. The van der Waals surface area contributed by atoms with Crippen LogP contribution < -0.4 is 10.2 Å². The summed E-state index contributed by atoms with van der Waals surface area (Å²) in [5.41, 5.74) is 4.76. The molecule has 0 atom stereocenters. The van der Waals surface area contributed by atoms with Gasteiger partial charge in [-0.1, -0.05) is 11.6 Å². The van der Waals surface area contributed by atoms with Gasteiger partial charge in [0.1, 0.15) is 17.7 Å². The number of imidazole rings is 1. The summed E-state index contributed by atoms with van der Waals surface area (Å²) in [5.74, 6) is 0.211. The van der Waals surface area contributed by atoms with E-state index in [0.29, 0.717) is 66.7 Å². The van der Waals surface area contributed by atoms with Crippen LogP contribution in [0.3, 0.4) is 0 Å². The van der Waals surface area contributed by atoms with Crippen LogP contribution in [0.1, 0.15) is 15.9 Å². The van der Waals surface area contributed by atoms with Gasteiger partial charge in [-0.15, -0.1) is 0 Å². The van der Waals surface area contributed by atoms with E-state index in [-0.39, 0.29) is 11.7 Å². The molecule has 3 aromatic heterocycles. The van der Waals surface area contributed by atoms with Gasteiger partial charge in [0.25, 0.3) is 5.91 Å². The monoisotopic (exact) mass is 530 g/mol. The first-order valence-corrected chi connectivity index (χ1v) is 12.7. The fourth-order valence-corrected chi connectivity index (χ4v) is 5.18. The number of carbonyl (C=O) groups is 1. The normalized spacial score (nSPS) is 13.8. The lowest BCUT2D eigenvalue weighted by Crippen LogP contribution is -2.49. The standard InChI is InChI=1S/C27H24ClFN8O/c28-21-14-18(7-9-31-25-23-26(33-15-32-23)35-16-34-25)24(22-20(21)2-1-8-30-22)36-10-12-37(13-11-36)27(38)17-3-5-19(29)6-4-17/h1-6,8,14-16H,7,9-13H2,(H2,31,32,33,34,35). The van der Waals surface area contributed by atoms with E-state index in [0.717, 1.165) is 22.2 Å². The summed E-state index contributed by atoms with van der Waals surface area (Å²) in [6.45, 7) is 2.97. The predicted octanol–water partition coefficient (Wildman–Crippen LogP) is 4.31. The Balaban J connectivity index is 1.23. The Morgan fingerprint density at radius 3 is 2.66 bits per heavy atom. The van der Waals surface area contributed by atoms with E-state index < -0.39 is 0 Å². The van der Waals surface area contributed by atoms with Crippen molar-refractivity contribution in [2.24, 2.45) is 0 Å². The molecule has 0 bridgehead atoms. The van der Waals surface area contributed by atoms with Crippen molar-refractivity contribution in [3.05, 3.63) is 83.3 Å². The van der Waals surface area contributed by atoms with E-state index in [1.807, 2.05) is 18.2 Å². The molecule has 0 spiro atoms. The first-order valence-electron chi connectivity index (χ1n) is 12.3. The van der Waals surface area contributed by atoms with Gasteiger partial charge in [0.05, 0.1) is 22.6 Å². The van der Waals surface area contributed by atoms with Crippen molar-refractivity contribution in [1.82, 2.24) is 29.8 Å². The number of H-pyrrole nitrogens is 1. The Bertz CT molecular complexity index is 1620. The minimum absolute atomic E-state index is 0.0947. The molecule has 11 heteroatoms. The van der Waals surface area contributed by atoms with E-state index in [1.165, 1.54) is 30.6 Å². The average molecular weight is 531 g/mol. The lowest BCUT2D eigenvalue weighted by molar-refractivity contribution is 0.0747. The fraction of sp³-hybridized carbons (Fsp3) is 0.222. The predicted molar refractivity (Wildman–Crippen MR) is 145 cm³/mol. The van der Waals surface area contributed by atoms with Gasteiger partial charge in [0, 0.05) is 49.9 Å². The van der Waals surface area contributed by atoms with Gasteiger partial charge in [0.15, 0.2) is 11.5 Å². The molecule has 192 valence electrons. The van der Waals surface area contributed by atoms with Crippen LogP contribution in [-0.4, -0.2) is 68.5 Å². The molecule has 1 aliphatic rings. The van der Waals surface area contributed by atoms with Crippen molar-refractivity contribution in [3.8, 4) is 0 Å². The highest BCUT2D eigenvalue weighted by atomic mass is 35.5. The number of halogens is 2. The second-order valence-corrected chi connectivity index (χ2v) is 9.46. The van der Waals surface area contributed by atoms with Crippen LogP contribution in [0.2, 0.25) is 5.02 Å². The molecule has 1 amide bonds. The number of hydrogen-bond donors (Lipinski definition) is 2. The molecule has 0 unspecified atom stereocenters. The second kappa shape index (κ2) is 10.2. The quantitative estimate of drug-likeness (QED) is 0.337. The van der Waals surface area contributed by atoms with Crippen molar-refractivity contribution >= 4 is 51.1 Å². The van der Waals surface area contributed by atoms with Crippen LogP contribution >= 0.6 is 11.6 Å². The lowest BCUT2D eigenvalue weighted by Gasteiger charge is -2.37. The van der Waals surface area contributed by atoms with Crippen LogP contribution in [0.15, 0.2) is 61.3 Å². The van der Waals surface area contributed by atoms with Gasteiger partial charge in [-0.05, 0) is 54.4 Å². The van der Waals surface area contributed by atoms with Gasteiger partial charge < -0.3 is 20.1 Å². The maximum absolute atomic E-state index is 13.3. The zero-order chi connectivity index (χ0) is 26.1. The molecule has 0 saturated carbocycles. The molecule has 2 N–H and O–H groups in total. The van der Waals surface area contributed by atoms with Crippen molar-refractivity contribution in [1.29, 1.82) is 0 Å². The molecule has 6 rings (SSSR count). The molecule has 5 aromatic rings. The number of nitrogens with one attached hydrogen (secondary N) is 2. The summed E-state index contributed by atoms with van der Waals surface area (Å²) >= 11 is 6.68. The van der Waals surface area contributed by atoms with Crippen LogP contribution in [0.4, 0.5) is 15.9 Å². The molecule has 9 nitrogen and oxygen atoms in total. The third kappa shape index (κ3) is 4.58. The summed E-state index contributed by atoms with van der Waals surface area (Å²) < 4.78 is 13.3. The van der Waals surface area contributed by atoms with Crippen molar-refractivity contribution in [3.63, 3.8) is 0 Å². The number of pyridine rings is 1. The summed E-state index contributed by atoms with van der Waals surface area (Å²) in [6.07, 6.45) is 5.54. The van der Waals surface area contributed by atoms with E-state index in [1.54, 1.807) is 17.4 Å². The number of rotatable bonds is 6. The third-order valence-corrected chi connectivity index (χ3v) is 7.09. The number of aromatic amines is 1. The summed E-state index contributed by atoms with van der Waals surface area (Å²) in [7, 11) is 0. The minimum atomic E-state index is -0.357. The summed E-state index contributed by atoms with van der Waals surface area (Å²) in [5, 5.41) is 4.90. The molecular weight excluding hydrogens is 507 g/mol. The number of aromatic nitrogens is 5. The smallest absolute Gasteiger partial charge is 0.253 e. The average Bonchev–Trinajstić information content (AvgIpc) is 3.44. The molecule has 2 aromatic carbocycles. The van der Waals surface area contributed by atoms with Crippen LogP contribution in [0.25, 0.3) is 22.1 Å². The zero-order valence-corrected chi connectivity index (χ0v) is 21.1. The first kappa shape index (κ1) is 24.1. The molecule has 1 fully saturated rings. The number of piperazine rings is 1. The largest absolute Gasteiger partial charge is 0.368 e. The summed E-state index contributed by atoms with van der Waals surface area (Å²) in [4.78, 5) is 37.5. The highest BCUT2D eigenvalue weighted by Crippen LogP contribution is 2.35. The molecule has 0 aliphatic carbocycles. The van der Waals surface area contributed by atoms with Gasteiger partial charge in [-0.3, -0.25) is 9.78 Å². The number of benzene rings is 2. The van der Waals surface area contributed by atoms with Crippen molar-refractivity contribution < 1.29 is 9.18 Å². The number of amides is 1. The van der Waals surface area contributed by atoms with Gasteiger partial charge in [0.2, 0.25) is 0 Å². The van der Waals surface area contributed by atoms with Gasteiger partial charge in [-0.2, -0.15) is 0 Å². The van der Waals surface area contributed by atoms with Crippen LogP contribution in [0.5, 0.6) is 0 Å². The van der Waals surface area contributed by atoms with E-state index >= 15 is 0 Å². The Morgan fingerprint density at radius 2 is 1.84 bits per heavy atom.